The van der Waals surface area contributed by atoms with Gasteiger partial charge in [0.05, 0.1) is 55.6 Å². The normalized spacial score (nSPS) is 11.6. The van der Waals surface area contributed by atoms with Gasteiger partial charge in [0.15, 0.2) is 0 Å². The second-order valence-electron chi connectivity index (χ2n) is 13.9. The smallest absolute Gasteiger partial charge is 0.101 e. The van der Waals surface area contributed by atoms with Gasteiger partial charge in [0, 0.05) is 49.1 Å². The van der Waals surface area contributed by atoms with Crippen LogP contribution in [0.5, 0.6) is 0 Å². The van der Waals surface area contributed by atoms with E-state index >= 15 is 0 Å². The molecule has 0 bridgehead atoms. The Morgan fingerprint density at radius 1 is 0.309 bits per heavy atom. The van der Waals surface area contributed by atoms with E-state index in [-0.39, 0.29) is 0 Å². The molecule has 5 heteroatoms. The molecule has 0 N–H and O–H groups in total. The zero-order valence-electron chi connectivity index (χ0n) is 29.5. The van der Waals surface area contributed by atoms with Gasteiger partial charge in [0.2, 0.25) is 0 Å². The average Bonchev–Trinajstić information content (AvgIpc) is 3.88. The first kappa shape index (κ1) is 30.7. The van der Waals surface area contributed by atoms with Gasteiger partial charge in [0.1, 0.15) is 12.1 Å². The minimum absolute atomic E-state index is 0.544. The third-order valence-corrected chi connectivity index (χ3v) is 11.1. The quantitative estimate of drug-likeness (QED) is 0.184. The summed E-state index contributed by atoms with van der Waals surface area (Å²) in [4.78, 5) is 0. The second kappa shape index (κ2) is 11.8. The monoisotopic (exact) mass is 699 g/mol. The highest BCUT2D eigenvalue weighted by molar-refractivity contribution is 6.13. The highest BCUT2D eigenvalue weighted by Gasteiger charge is 2.24. The number of para-hydroxylation sites is 7. The molecule has 254 valence electrons. The minimum atomic E-state index is 0.544. The summed E-state index contributed by atoms with van der Waals surface area (Å²) >= 11 is 0. The third-order valence-electron chi connectivity index (χ3n) is 11.1. The predicted molar refractivity (Wildman–Crippen MR) is 224 cm³/mol. The van der Waals surface area contributed by atoms with E-state index in [0.29, 0.717) is 11.1 Å². The summed E-state index contributed by atoms with van der Waals surface area (Å²) in [6, 6.07) is 65.8. The molecule has 0 aliphatic carbocycles. The van der Waals surface area contributed by atoms with Crippen LogP contribution in [0.4, 0.5) is 0 Å². The Balaban J connectivity index is 1.22. The van der Waals surface area contributed by atoms with Crippen LogP contribution in [0.15, 0.2) is 176 Å². The van der Waals surface area contributed by atoms with Crippen molar-refractivity contribution >= 4 is 65.4 Å². The standard InChI is InChI=1S/C50H29N5/c51-30-32-13-11-20-40(49(32)54-45-24-8-3-17-37(45)38-18-4-9-25-46(38)54)41-21-12-14-33(31-52)50(41)55-47-26-10-5-19-39(47)42-29-34(27-28-48(42)55)53-43-22-6-1-15-35(43)36-16-2-7-23-44(36)53/h1-29H. The molecule has 8 aromatic carbocycles. The van der Waals surface area contributed by atoms with E-state index in [1.54, 1.807) is 0 Å². The summed E-state index contributed by atoms with van der Waals surface area (Å²) in [7, 11) is 0. The Kier molecular flexibility index (Phi) is 6.61. The molecule has 0 amide bonds. The van der Waals surface area contributed by atoms with E-state index in [2.05, 4.69) is 165 Å². The summed E-state index contributed by atoms with van der Waals surface area (Å²) in [6.07, 6.45) is 0. The largest absolute Gasteiger partial charge is 0.309 e. The molecular weight excluding hydrogens is 671 g/mol. The molecule has 0 atom stereocenters. The van der Waals surface area contributed by atoms with Gasteiger partial charge >= 0.3 is 0 Å². The van der Waals surface area contributed by atoms with Crippen LogP contribution in [0, 0.1) is 22.7 Å². The van der Waals surface area contributed by atoms with Gasteiger partial charge in [-0.05, 0) is 60.7 Å². The maximum Gasteiger partial charge on any atom is 0.101 e. The lowest BCUT2D eigenvalue weighted by Crippen LogP contribution is -2.05. The van der Waals surface area contributed by atoms with E-state index in [1.807, 2.05) is 36.4 Å². The molecule has 3 heterocycles. The van der Waals surface area contributed by atoms with Gasteiger partial charge < -0.3 is 13.7 Å². The lowest BCUT2D eigenvalue weighted by atomic mass is 9.95. The van der Waals surface area contributed by atoms with Crippen molar-refractivity contribution in [3.8, 4) is 40.3 Å². The number of aromatic nitrogens is 3. The van der Waals surface area contributed by atoms with E-state index < -0.39 is 0 Å². The van der Waals surface area contributed by atoms with E-state index in [9.17, 15) is 10.5 Å². The summed E-state index contributed by atoms with van der Waals surface area (Å²) in [6.45, 7) is 0. The highest BCUT2D eigenvalue weighted by Crippen LogP contribution is 2.43. The molecule has 0 unspecified atom stereocenters. The van der Waals surface area contributed by atoms with Crippen LogP contribution < -0.4 is 0 Å². The summed E-state index contributed by atoms with van der Waals surface area (Å²) in [5.41, 5.74) is 11.8. The lowest BCUT2D eigenvalue weighted by molar-refractivity contribution is 1.14. The van der Waals surface area contributed by atoms with Crippen LogP contribution in [-0.2, 0) is 0 Å². The van der Waals surface area contributed by atoms with Crippen LogP contribution in [0.25, 0.3) is 93.6 Å². The molecule has 5 nitrogen and oxygen atoms in total. The Bertz CT molecular complexity index is 3360. The lowest BCUT2D eigenvalue weighted by Gasteiger charge is -2.20. The first-order chi connectivity index (χ1) is 27.2. The van der Waals surface area contributed by atoms with Crippen molar-refractivity contribution in [3.05, 3.63) is 187 Å². The molecule has 11 rings (SSSR count). The SMILES string of the molecule is N#Cc1cccc(-c2cccc(C#N)c2-n2c3ccccc3c3cc(-n4c5ccccc5c5ccccc54)ccc32)c1-n1c2ccccc2c2ccccc21. The van der Waals surface area contributed by atoms with Crippen molar-refractivity contribution < 1.29 is 0 Å². The average molecular weight is 700 g/mol. The predicted octanol–water partition coefficient (Wildman–Crippen LogP) is 12.4. The molecule has 0 radical (unpaired) electrons. The topological polar surface area (TPSA) is 62.4 Å². The molecule has 0 aliphatic heterocycles. The van der Waals surface area contributed by atoms with Crippen molar-refractivity contribution in [1.82, 2.24) is 13.7 Å². The van der Waals surface area contributed by atoms with E-state index in [1.165, 1.54) is 10.8 Å². The zero-order valence-corrected chi connectivity index (χ0v) is 29.5. The van der Waals surface area contributed by atoms with Crippen molar-refractivity contribution in [3.63, 3.8) is 0 Å². The molecule has 0 saturated carbocycles. The number of hydrogen-bond donors (Lipinski definition) is 0. The summed E-state index contributed by atoms with van der Waals surface area (Å²) < 4.78 is 6.80. The molecule has 0 spiro atoms. The van der Waals surface area contributed by atoms with Gasteiger partial charge in [-0.1, -0.05) is 115 Å². The van der Waals surface area contributed by atoms with Gasteiger partial charge in [-0.25, -0.2) is 0 Å². The fourth-order valence-corrected chi connectivity index (χ4v) is 8.89. The van der Waals surface area contributed by atoms with Crippen molar-refractivity contribution in [2.75, 3.05) is 0 Å². The van der Waals surface area contributed by atoms with Crippen molar-refractivity contribution in [2.45, 2.75) is 0 Å². The Morgan fingerprint density at radius 2 is 0.655 bits per heavy atom. The Morgan fingerprint density at radius 3 is 1.05 bits per heavy atom. The molecule has 0 saturated heterocycles. The minimum Gasteiger partial charge on any atom is -0.309 e. The van der Waals surface area contributed by atoms with Crippen molar-refractivity contribution in [2.24, 2.45) is 0 Å². The van der Waals surface area contributed by atoms with Crippen LogP contribution in [0.2, 0.25) is 0 Å². The first-order valence-electron chi connectivity index (χ1n) is 18.3. The van der Waals surface area contributed by atoms with Crippen LogP contribution in [0.3, 0.4) is 0 Å². The fraction of sp³-hybridized carbons (Fsp3) is 0. The van der Waals surface area contributed by atoms with Crippen LogP contribution >= 0.6 is 0 Å². The van der Waals surface area contributed by atoms with Crippen LogP contribution in [0.1, 0.15) is 11.1 Å². The molecule has 0 fully saturated rings. The number of nitriles is 2. The number of hydrogen-bond acceptors (Lipinski definition) is 2. The van der Waals surface area contributed by atoms with Crippen LogP contribution in [-0.4, -0.2) is 13.7 Å². The Labute approximate surface area is 316 Å². The fourth-order valence-electron chi connectivity index (χ4n) is 8.89. The number of fused-ring (bicyclic) bond motifs is 9. The van der Waals surface area contributed by atoms with Crippen molar-refractivity contribution in [1.29, 1.82) is 10.5 Å². The number of benzene rings is 8. The number of rotatable bonds is 4. The van der Waals surface area contributed by atoms with Gasteiger partial charge in [-0.2, -0.15) is 10.5 Å². The van der Waals surface area contributed by atoms with Gasteiger partial charge in [0.25, 0.3) is 0 Å². The van der Waals surface area contributed by atoms with E-state index in [4.69, 9.17) is 0 Å². The van der Waals surface area contributed by atoms with Gasteiger partial charge in [-0.3, -0.25) is 0 Å². The Hall–Kier alpha value is -7.86. The summed E-state index contributed by atoms with van der Waals surface area (Å²) in [5.74, 6) is 0. The maximum absolute atomic E-state index is 10.8. The molecule has 55 heavy (non-hydrogen) atoms. The maximum atomic E-state index is 10.8. The molecular formula is C50H29N5. The summed E-state index contributed by atoms with van der Waals surface area (Å²) in [5, 5.41) is 28.3. The van der Waals surface area contributed by atoms with Gasteiger partial charge in [-0.15, -0.1) is 0 Å². The second-order valence-corrected chi connectivity index (χ2v) is 13.9. The zero-order chi connectivity index (χ0) is 36.6. The molecule has 11 aromatic rings. The molecule has 3 aromatic heterocycles. The third kappa shape index (κ3) is 4.33. The number of nitrogens with zero attached hydrogens (tertiary/aromatic N) is 5. The molecule has 0 aliphatic rings. The van der Waals surface area contributed by atoms with E-state index in [0.717, 1.165) is 82.8 Å². The highest BCUT2D eigenvalue weighted by atomic mass is 15.0. The first-order valence-corrected chi connectivity index (χ1v) is 18.3.